The summed E-state index contributed by atoms with van der Waals surface area (Å²) < 4.78 is 5.18. The lowest BCUT2D eigenvalue weighted by Crippen LogP contribution is -2.51. The van der Waals surface area contributed by atoms with Gasteiger partial charge in [0.15, 0.2) is 0 Å². The van der Waals surface area contributed by atoms with Crippen molar-refractivity contribution < 1.29 is 14.6 Å². The first-order valence-corrected chi connectivity index (χ1v) is 6.08. The van der Waals surface area contributed by atoms with Crippen LogP contribution in [0.4, 0.5) is 4.79 Å². The molecule has 5 heteroatoms. The molecule has 0 aromatic rings. The molecule has 3 atom stereocenters. The standard InChI is InChI=1S/C11H20N2O3/c14-10-4-2-1-3-9(10)13-11(15)12-8-5-6-16-7-8/h8-10,14H,1-7H2,(H2,12,13,15). The van der Waals surface area contributed by atoms with Gasteiger partial charge in [-0.1, -0.05) is 12.8 Å². The van der Waals surface area contributed by atoms with Crippen molar-refractivity contribution >= 4 is 6.03 Å². The van der Waals surface area contributed by atoms with E-state index in [4.69, 9.17) is 4.74 Å². The summed E-state index contributed by atoms with van der Waals surface area (Å²) in [5.41, 5.74) is 0. The van der Waals surface area contributed by atoms with Gasteiger partial charge < -0.3 is 20.5 Å². The molecule has 2 aliphatic rings. The van der Waals surface area contributed by atoms with Gasteiger partial charge in [-0.3, -0.25) is 0 Å². The first kappa shape index (κ1) is 11.7. The second-order valence-corrected chi connectivity index (χ2v) is 4.64. The average Bonchev–Trinajstić information content (AvgIpc) is 2.74. The molecule has 3 unspecified atom stereocenters. The van der Waals surface area contributed by atoms with E-state index in [0.29, 0.717) is 6.61 Å². The third-order valence-electron chi connectivity index (χ3n) is 3.31. The summed E-state index contributed by atoms with van der Waals surface area (Å²) in [6.07, 6.45) is 4.28. The highest BCUT2D eigenvalue weighted by molar-refractivity contribution is 5.74. The van der Waals surface area contributed by atoms with Crippen LogP contribution in [0.5, 0.6) is 0 Å². The van der Waals surface area contributed by atoms with Crippen LogP contribution in [-0.4, -0.2) is 42.5 Å². The van der Waals surface area contributed by atoms with Gasteiger partial charge in [0.25, 0.3) is 0 Å². The number of hydrogen-bond acceptors (Lipinski definition) is 3. The third-order valence-corrected chi connectivity index (χ3v) is 3.31. The van der Waals surface area contributed by atoms with Crippen LogP contribution in [0.2, 0.25) is 0 Å². The predicted molar refractivity (Wildman–Crippen MR) is 59.2 cm³/mol. The molecular weight excluding hydrogens is 208 g/mol. The first-order valence-electron chi connectivity index (χ1n) is 6.08. The van der Waals surface area contributed by atoms with E-state index < -0.39 is 0 Å². The molecule has 92 valence electrons. The van der Waals surface area contributed by atoms with E-state index in [1.807, 2.05) is 0 Å². The number of hydrogen-bond donors (Lipinski definition) is 3. The minimum Gasteiger partial charge on any atom is -0.391 e. The molecule has 1 saturated heterocycles. The van der Waals surface area contributed by atoms with E-state index in [1.165, 1.54) is 0 Å². The van der Waals surface area contributed by atoms with Crippen molar-refractivity contribution in [2.24, 2.45) is 0 Å². The van der Waals surface area contributed by atoms with Crippen molar-refractivity contribution in [3.63, 3.8) is 0 Å². The largest absolute Gasteiger partial charge is 0.391 e. The lowest BCUT2D eigenvalue weighted by atomic mass is 9.93. The molecule has 3 N–H and O–H groups in total. The number of ether oxygens (including phenoxy) is 1. The Bertz CT molecular complexity index is 241. The molecule has 0 radical (unpaired) electrons. The van der Waals surface area contributed by atoms with E-state index in [2.05, 4.69) is 10.6 Å². The molecule has 1 saturated carbocycles. The van der Waals surface area contributed by atoms with Crippen LogP contribution < -0.4 is 10.6 Å². The summed E-state index contributed by atoms with van der Waals surface area (Å²) in [7, 11) is 0. The Hall–Kier alpha value is -0.810. The van der Waals surface area contributed by atoms with Crippen molar-refractivity contribution in [3.05, 3.63) is 0 Å². The van der Waals surface area contributed by atoms with Gasteiger partial charge in [0.05, 0.1) is 24.8 Å². The van der Waals surface area contributed by atoms with Gasteiger partial charge in [0, 0.05) is 6.61 Å². The molecule has 0 aromatic carbocycles. The Morgan fingerprint density at radius 3 is 2.69 bits per heavy atom. The van der Waals surface area contributed by atoms with Crippen LogP contribution in [0.15, 0.2) is 0 Å². The van der Waals surface area contributed by atoms with E-state index in [-0.39, 0.29) is 24.2 Å². The minimum atomic E-state index is -0.390. The number of amides is 2. The third kappa shape index (κ3) is 3.09. The lowest BCUT2D eigenvalue weighted by molar-refractivity contribution is 0.0939. The van der Waals surface area contributed by atoms with Crippen LogP contribution in [0, 0.1) is 0 Å². The number of rotatable bonds is 2. The number of nitrogens with one attached hydrogen (secondary N) is 2. The molecule has 16 heavy (non-hydrogen) atoms. The molecule has 2 fully saturated rings. The van der Waals surface area contributed by atoms with Crippen molar-refractivity contribution in [1.29, 1.82) is 0 Å². The highest BCUT2D eigenvalue weighted by atomic mass is 16.5. The topological polar surface area (TPSA) is 70.6 Å². The zero-order valence-electron chi connectivity index (χ0n) is 9.45. The fourth-order valence-electron chi connectivity index (χ4n) is 2.32. The molecule has 0 spiro atoms. The van der Waals surface area contributed by atoms with Crippen LogP contribution in [0.3, 0.4) is 0 Å². The smallest absolute Gasteiger partial charge is 0.315 e. The Kier molecular flexibility index (Phi) is 4.01. The van der Waals surface area contributed by atoms with E-state index in [9.17, 15) is 9.90 Å². The fourth-order valence-corrected chi connectivity index (χ4v) is 2.32. The van der Waals surface area contributed by atoms with Crippen LogP contribution in [0.25, 0.3) is 0 Å². The minimum absolute atomic E-state index is 0.0870. The highest BCUT2D eigenvalue weighted by Gasteiger charge is 2.25. The molecule has 2 rings (SSSR count). The predicted octanol–water partition coefficient (Wildman–Crippen LogP) is 0.378. The zero-order valence-corrected chi connectivity index (χ0v) is 9.45. The molecular formula is C11H20N2O3. The summed E-state index contributed by atoms with van der Waals surface area (Å²) in [5.74, 6) is 0. The Morgan fingerprint density at radius 2 is 2.00 bits per heavy atom. The number of carbonyl (C=O) groups is 1. The van der Waals surface area contributed by atoms with E-state index >= 15 is 0 Å². The second kappa shape index (κ2) is 5.50. The molecule has 1 heterocycles. The maximum atomic E-state index is 11.6. The fraction of sp³-hybridized carbons (Fsp3) is 0.909. The average molecular weight is 228 g/mol. The normalized spacial score (nSPS) is 34.7. The molecule has 1 aliphatic carbocycles. The first-order chi connectivity index (χ1) is 7.75. The van der Waals surface area contributed by atoms with Gasteiger partial charge >= 0.3 is 6.03 Å². The number of aliphatic hydroxyl groups is 1. The molecule has 2 amide bonds. The van der Waals surface area contributed by atoms with E-state index in [1.54, 1.807) is 0 Å². The SMILES string of the molecule is O=C(NC1CCOC1)NC1CCCCC1O. The second-order valence-electron chi connectivity index (χ2n) is 4.64. The van der Waals surface area contributed by atoms with Gasteiger partial charge in [-0.2, -0.15) is 0 Å². The van der Waals surface area contributed by atoms with Gasteiger partial charge in [0.2, 0.25) is 0 Å². The van der Waals surface area contributed by atoms with Crippen molar-refractivity contribution in [2.75, 3.05) is 13.2 Å². The maximum absolute atomic E-state index is 11.6. The molecule has 0 aromatic heterocycles. The van der Waals surface area contributed by atoms with Crippen molar-refractivity contribution in [2.45, 2.75) is 50.3 Å². The van der Waals surface area contributed by atoms with Crippen LogP contribution in [-0.2, 0) is 4.74 Å². The summed E-state index contributed by atoms with van der Waals surface area (Å²) >= 11 is 0. The zero-order chi connectivity index (χ0) is 11.4. The summed E-state index contributed by atoms with van der Waals surface area (Å²) in [4.78, 5) is 11.6. The monoisotopic (exact) mass is 228 g/mol. The van der Waals surface area contributed by atoms with Crippen molar-refractivity contribution in [1.82, 2.24) is 10.6 Å². The van der Waals surface area contributed by atoms with Crippen LogP contribution in [0.1, 0.15) is 32.1 Å². The summed E-state index contributed by atoms with van der Waals surface area (Å²) in [6.45, 7) is 1.32. The number of urea groups is 1. The van der Waals surface area contributed by atoms with Gasteiger partial charge in [0.1, 0.15) is 0 Å². The molecule has 1 aliphatic heterocycles. The Balaban J connectivity index is 1.72. The van der Waals surface area contributed by atoms with Gasteiger partial charge in [-0.15, -0.1) is 0 Å². The summed E-state index contributed by atoms with van der Waals surface area (Å²) in [6, 6.07) is -0.141. The lowest BCUT2D eigenvalue weighted by Gasteiger charge is -2.28. The van der Waals surface area contributed by atoms with E-state index in [0.717, 1.165) is 38.7 Å². The Morgan fingerprint density at radius 1 is 1.19 bits per heavy atom. The number of aliphatic hydroxyl groups excluding tert-OH is 1. The quantitative estimate of drug-likeness (QED) is 0.640. The van der Waals surface area contributed by atoms with Crippen molar-refractivity contribution in [3.8, 4) is 0 Å². The Labute approximate surface area is 95.5 Å². The number of carbonyl (C=O) groups excluding carboxylic acids is 1. The highest BCUT2D eigenvalue weighted by Crippen LogP contribution is 2.18. The van der Waals surface area contributed by atoms with Gasteiger partial charge in [-0.25, -0.2) is 4.79 Å². The maximum Gasteiger partial charge on any atom is 0.315 e. The van der Waals surface area contributed by atoms with Gasteiger partial charge in [-0.05, 0) is 19.3 Å². The summed E-state index contributed by atoms with van der Waals surface area (Å²) in [5, 5.41) is 15.4. The molecule has 5 nitrogen and oxygen atoms in total. The van der Waals surface area contributed by atoms with Crippen LogP contribution >= 0.6 is 0 Å². The molecule has 0 bridgehead atoms.